The van der Waals surface area contributed by atoms with Crippen molar-refractivity contribution in [1.82, 2.24) is 0 Å². The van der Waals surface area contributed by atoms with Crippen molar-refractivity contribution in [1.29, 1.82) is 0 Å². The van der Waals surface area contributed by atoms with Gasteiger partial charge in [0, 0.05) is 0 Å². The number of carboxylic acids is 2. The Morgan fingerprint density at radius 1 is 0.391 bits per heavy atom. The molecule has 0 radical (unpaired) electrons. The fraction of sp³-hybridized carbons (Fsp3) is 0.345. The van der Waals surface area contributed by atoms with Crippen molar-refractivity contribution in [2.24, 2.45) is 0 Å². The van der Waals surface area contributed by atoms with E-state index in [4.69, 9.17) is 0 Å². The maximum absolute atomic E-state index is 14.3. The number of rotatable bonds is 11. The second-order valence-electron chi connectivity index (χ2n) is 19.3. The van der Waals surface area contributed by atoms with Crippen molar-refractivity contribution >= 4 is 59.6 Å². The van der Waals surface area contributed by atoms with Crippen LogP contribution in [0.25, 0.3) is 11.1 Å². The van der Waals surface area contributed by atoms with Crippen LogP contribution in [-0.4, -0.2) is 22.2 Å². The third kappa shape index (κ3) is 8.78. The maximum atomic E-state index is 14.3. The highest BCUT2D eigenvalue weighted by atomic mass is 31.1. The number of benzene rings is 6. The van der Waals surface area contributed by atoms with Crippen molar-refractivity contribution < 1.29 is 19.8 Å². The Bertz CT molecular complexity index is 2380. The molecule has 6 aromatic rings. The number of hydrogen-bond donors (Lipinski definition) is 2. The highest BCUT2D eigenvalue weighted by molar-refractivity contribution is 7.80. The predicted octanol–water partition coefficient (Wildman–Crippen LogP) is 11.9. The van der Waals surface area contributed by atoms with E-state index < -0.39 is 38.6 Å². The van der Waals surface area contributed by atoms with Crippen LogP contribution in [0.15, 0.2) is 109 Å². The van der Waals surface area contributed by atoms with E-state index >= 15 is 0 Å². The third-order valence-electron chi connectivity index (χ3n) is 13.9. The van der Waals surface area contributed by atoms with E-state index in [0.29, 0.717) is 25.7 Å². The van der Waals surface area contributed by atoms with Crippen LogP contribution in [0.2, 0.25) is 0 Å². The molecule has 2 aliphatic carbocycles. The Kier molecular flexibility index (Phi) is 13.2. The molecule has 2 N–H and O–H groups in total. The average Bonchev–Trinajstić information content (AvgIpc) is 3.23. The van der Waals surface area contributed by atoms with Crippen molar-refractivity contribution in [3.8, 4) is 11.1 Å². The van der Waals surface area contributed by atoms with Gasteiger partial charge in [0.1, 0.15) is 0 Å². The quantitative estimate of drug-likeness (QED) is 0.127. The summed E-state index contributed by atoms with van der Waals surface area (Å²) in [5.74, 6) is -1.58. The van der Waals surface area contributed by atoms with Gasteiger partial charge in [0.2, 0.25) is 0 Å². The fourth-order valence-corrected chi connectivity index (χ4v) is 17.2. The first kappa shape index (κ1) is 45.7. The van der Waals surface area contributed by atoms with Gasteiger partial charge in [-0.3, -0.25) is 9.59 Å². The molecule has 4 nitrogen and oxygen atoms in total. The maximum Gasteiger partial charge on any atom is 0.314 e. The summed E-state index contributed by atoms with van der Waals surface area (Å²) in [6.45, 7) is 17.3. The largest absolute Gasteiger partial charge is 0.481 e. The second-order valence-corrected chi connectivity index (χ2v) is 23.7. The Morgan fingerprint density at radius 2 is 0.641 bits per heavy atom. The molecule has 2 aliphatic rings. The first-order chi connectivity index (χ1) is 30.6. The van der Waals surface area contributed by atoms with Gasteiger partial charge >= 0.3 is 11.9 Å². The molecule has 0 amide bonds. The van der Waals surface area contributed by atoms with Crippen LogP contribution in [0.5, 0.6) is 0 Å². The number of carboxylic acid groups (broad SMARTS) is 2. The molecule has 0 heterocycles. The normalized spacial score (nSPS) is 16.0. The van der Waals surface area contributed by atoms with Gasteiger partial charge in [-0.15, -0.1) is 0 Å². The lowest BCUT2D eigenvalue weighted by molar-refractivity contribution is -0.146. The van der Waals surface area contributed by atoms with E-state index in [9.17, 15) is 19.8 Å². The zero-order chi connectivity index (χ0) is 45.5. The van der Waals surface area contributed by atoms with Gasteiger partial charge in [-0.2, -0.15) is 0 Å². The van der Waals surface area contributed by atoms with E-state index in [1.807, 2.05) is 0 Å². The lowest BCUT2D eigenvalue weighted by Gasteiger charge is -2.40. The van der Waals surface area contributed by atoms with E-state index in [0.717, 1.165) is 71.4 Å². The summed E-state index contributed by atoms with van der Waals surface area (Å²) in [5.41, 5.74) is 10.7. The van der Waals surface area contributed by atoms with Crippen molar-refractivity contribution in [2.75, 3.05) is 0 Å². The molecule has 0 atom stereocenters. The smallest absolute Gasteiger partial charge is 0.314 e. The molecule has 0 spiro atoms. The van der Waals surface area contributed by atoms with E-state index in [1.165, 1.54) is 65.7 Å². The Hall–Kier alpha value is -4.88. The average molecular weight is 887 g/mol. The summed E-state index contributed by atoms with van der Waals surface area (Å²) in [6, 6.07) is 40.5. The summed E-state index contributed by atoms with van der Waals surface area (Å²) >= 11 is 0. The number of aliphatic carboxylic acids is 2. The molecule has 330 valence electrons. The minimum absolute atomic E-state index is 0.536. The van der Waals surface area contributed by atoms with Gasteiger partial charge in [0.15, 0.2) is 0 Å². The van der Waals surface area contributed by atoms with Crippen LogP contribution in [-0.2, 0) is 20.4 Å². The molecule has 2 saturated carbocycles. The Labute approximate surface area is 384 Å². The van der Waals surface area contributed by atoms with Crippen molar-refractivity contribution in [2.45, 2.75) is 130 Å². The minimum Gasteiger partial charge on any atom is -0.481 e. The Balaban J connectivity index is 1.63. The third-order valence-corrected chi connectivity index (χ3v) is 18.7. The lowest BCUT2D eigenvalue weighted by Crippen LogP contribution is -2.42. The molecular formula is C58H64O4P2. The van der Waals surface area contributed by atoms with Crippen LogP contribution >= 0.6 is 15.8 Å². The molecule has 0 aromatic heterocycles. The molecule has 0 aliphatic heterocycles. The number of aryl methyl sites for hydroxylation is 8. The van der Waals surface area contributed by atoms with Crippen LogP contribution in [0, 0.1) is 55.4 Å². The fourth-order valence-electron chi connectivity index (χ4n) is 11.5. The van der Waals surface area contributed by atoms with Gasteiger partial charge < -0.3 is 10.2 Å². The van der Waals surface area contributed by atoms with Gasteiger partial charge in [0.25, 0.3) is 0 Å². The standard InChI is InChI=1S/C58H64O4P2/c1-37-25-38(2)30-45(29-37)63(46-31-39(3)26-40(4)32-46)51-19-15-17-49(57(55(59)60)21-11-9-12-22-57)53(51)54-50(58(56(61)62)23-13-10-14-24-58)18-16-20-52(54)64(47-33-41(5)27-42(6)34-47)48-35-43(7)28-44(8)36-48/h15-20,25-36H,9-14,21-24H2,1-8H3,(H,59,60)(H,61,62). The summed E-state index contributed by atoms with van der Waals surface area (Å²) in [4.78, 5) is 28.7. The van der Waals surface area contributed by atoms with Gasteiger partial charge in [-0.1, -0.05) is 192 Å². The number of hydrogen-bond acceptors (Lipinski definition) is 2. The van der Waals surface area contributed by atoms with Crippen molar-refractivity contribution in [3.05, 3.63) is 165 Å². The van der Waals surface area contributed by atoms with Gasteiger partial charge in [-0.25, -0.2) is 0 Å². The topological polar surface area (TPSA) is 74.6 Å². The van der Waals surface area contributed by atoms with E-state index in [2.05, 4.69) is 165 Å². The lowest BCUT2D eigenvalue weighted by atomic mass is 9.64. The van der Waals surface area contributed by atoms with Gasteiger partial charge in [0.05, 0.1) is 10.8 Å². The summed E-state index contributed by atoms with van der Waals surface area (Å²) in [7, 11) is -2.58. The zero-order valence-corrected chi connectivity index (χ0v) is 40.9. The van der Waals surface area contributed by atoms with Crippen molar-refractivity contribution in [3.63, 3.8) is 0 Å². The molecule has 0 saturated heterocycles. The summed E-state index contributed by atoms with van der Waals surface area (Å²) in [5, 5.41) is 30.5. The van der Waals surface area contributed by atoms with Crippen LogP contribution in [0.1, 0.15) is 120 Å². The van der Waals surface area contributed by atoms with Crippen LogP contribution < -0.4 is 31.8 Å². The molecule has 0 bridgehead atoms. The van der Waals surface area contributed by atoms with Gasteiger partial charge in [-0.05, 0) is 151 Å². The first-order valence-electron chi connectivity index (χ1n) is 23.3. The second kappa shape index (κ2) is 18.5. The summed E-state index contributed by atoms with van der Waals surface area (Å²) < 4.78 is 0. The Morgan fingerprint density at radius 3 is 0.875 bits per heavy atom. The molecule has 6 aromatic carbocycles. The highest BCUT2D eigenvalue weighted by Gasteiger charge is 2.48. The minimum atomic E-state index is -1.29. The summed E-state index contributed by atoms with van der Waals surface area (Å²) in [6.07, 6.45) is 7.43. The molecule has 6 heteroatoms. The van der Waals surface area contributed by atoms with E-state index in [-0.39, 0.29) is 0 Å². The first-order valence-corrected chi connectivity index (χ1v) is 26.0. The molecular weight excluding hydrogens is 823 g/mol. The zero-order valence-electron chi connectivity index (χ0n) is 39.1. The molecule has 8 rings (SSSR count). The monoisotopic (exact) mass is 886 g/mol. The van der Waals surface area contributed by atoms with Crippen LogP contribution in [0.3, 0.4) is 0 Å². The predicted molar refractivity (Wildman–Crippen MR) is 272 cm³/mol. The number of carbonyl (C=O) groups is 2. The van der Waals surface area contributed by atoms with Crippen LogP contribution in [0.4, 0.5) is 0 Å². The SMILES string of the molecule is Cc1cc(C)cc(P(c2cc(C)cc(C)c2)c2cccc(C3(C(=O)O)CCCCC3)c2-c2c(P(c3cc(C)cc(C)c3)c3cc(C)cc(C)c3)cccc2C2(C(=O)O)CCCCC2)c1. The molecule has 2 fully saturated rings. The molecule has 64 heavy (non-hydrogen) atoms. The highest BCUT2D eigenvalue weighted by Crippen LogP contribution is 2.52. The molecule has 0 unspecified atom stereocenters. The van der Waals surface area contributed by atoms with E-state index in [1.54, 1.807) is 0 Å².